The Hall–Kier alpha value is -1.10. The van der Waals surface area contributed by atoms with Crippen LogP contribution < -0.4 is 11.1 Å². The largest absolute Gasteiger partial charge is 0.480 e. The number of carbonyl (C=O) groups excluding carboxylic acids is 1. The molecule has 1 amide bonds. The van der Waals surface area contributed by atoms with E-state index in [0.717, 1.165) is 38.5 Å². The van der Waals surface area contributed by atoms with Crippen molar-refractivity contribution in [3.8, 4) is 0 Å². The average molecular weight is 259 g/mol. The van der Waals surface area contributed by atoms with Crippen molar-refractivity contribution in [1.29, 1.82) is 0 Å². The van der Waals surface area contributed by atoms with Crippen LogP contribution in [0.25, 0.3) is 0 Å². The molecule has 0 radical (unpaired) electrons. The molecule has 0 bridgehead atoms. The lowest BCUT2D eigenvalue weighted by atomic mass is 10.1. The molecule has 0 spiro atoms. The second kappa shape index (κ2) is 11.0. The minimum atomic E-state index is -0.934. The molecule has 5 heteroatoms. The molecule has 0 saturated carbocycles. The zero-order chi connectivity index (χ0) is 14.5. The van der Waals surface area contributed by atoms with E-state index in [9.17, 15) is 9.59 Å². The van der Waals surface area contributed by atoms with Crippen LogP contribution in [0, 0.1) is 0 Å². The topological polar surface area (TPSA) is 92.4 Å². The second-order valence-electron chi connectivity index (χ2n) is 4.47. The van der Waals surface area contributed by atoms with Gasteiger partial charge in [-0.3, -0.25) is 9.59 Å². The maximum Gasteiger partial charge on any atom is 0.320 e. The Kier molecular flexibility index (Phi) is 9.16. The number of carboxylic acid groups (broad SMARTS) is 1. The highest BCUT2D eigenvalue weighted by molar-refractivity contribution is 5.77. The number of amides is 1. The lowest BCUT2D eigenvalue weighted by molar-refractivity contribution is -0.139. The smallest absolute Gasteiger partial charge is 0.320 e. The molecule has 0 rings (SSSR count). The van der Waals surface area contributed by atoms with Crippen molar-refractivity contribution in [3.05, 3.63) is 0 Å². The zero-order valence-corrected chi connectivity index (χ0v) is 11.0. The Balaban J connectivity index is 3.53. The fourth-order valence-electron chi connectivity index (χ4n) is 1.71. The minimum absolute atomic E-state index is 0.0943. The molecule has 106 valence electrons. The van der Waals surface area contributed by atoms with E-state index >= 15 is 0 Å². The van der Waals surface area contributed by atoms with E-state index < -0.39 is 17.9 Å². The van der Waals surface area contributed by atoms with Crippen LogP contribution in [0.15, 0.2) is 0 Å². The normalized spacial score (nSPS) is 13.0. The number of nitrogens with two attached hydrogens (primary N) is 1. The van der Waals surface area contributed by atoms with Crippen molar-refractivity contribution in [2.24, 2.45) is 5.73 Å². The standard InChI is InChI=1S/C13H26N2O3/c1-2-3-4-5-6-7-10-15-11(13(17)18)8-9-12(14)16/h11,15H,2-10H2,1H3,(H2,14,16)(H,17,18)/t11-/m0/s1/i1D. The zero-order valence-electron chi connectivity index (χ0n) is 12.0. The SMILES string of the molecule is [2H]CCCCCCCCN[C@@H](CCC(N)=O)C(=O)O. The Morgan fingerprint density at radius 2 is 1.94 bits per heavy atom. The number of nitrogens with one attached hydrogen (secondary N) is 1. The summed E-state index contributed by atoms with van der Waals surface area (Å²) >= 11 is 0. The summed E-state index contributed by atoms with van der Waals surface area (Å²) in [5.74, 6) is -1.40. The first-order valence-corrected chi connectivity index (χ1v) is 6.61. The number of unbranched alkanes of at least 4 members (excludes halogenated alkanes) is 5. The van der Waals surface area contributed by atoms with E-state index in [0.29, 0.717) is 13.4 Å². The summed E-state index contributed by atoms with van der Waals surface area (Å²) in [5.41, 5.74) is 5.00. The molecule has 0 aromatic rings. The van der Waals surface area contributed by atoms with E-state index in [4.69, 9.17) is 12.2 Å². The third-order valence-corrected chi connectivity index (χ3v) is 2.80. The van der Waals surface area contributed by atoms with Gasteiger partial charge in [-0.1, -0.05) is 39.0 Å². The predicted octanol–water partition coefficient (Wildman–Crippen LogP) is 1.66. The van der Waals surface area contributed by atoms with Gasteiger partial charge < -0.3 is 16.2 Å². The van der Waals surface area contributed by atoms with Crippen LogP contribution in [0.4, 0.5) is 0 Å². The summed E-state index contributed by atoms with van der Waals surface area (Å²) in [6.45, 7) is 1.15. The highest BCUT2D eigenvalue weighted by Crippen LogP contribution is 2.05. The van der Waals surface area contributed by atoms with Gasteiger partial charge in [-0.25, -0.2) is 0 Å². The molecule has 0 unspecified atom stereocenters. The minimum Gasteiger partial charge on any atom is -0.480 e. The maximum absolute atomic E-state index is 10.9. The molecule has 0 aliphatic heterocycles. The summed E-state index contributed by atoms with van der Waals surface area (Å²) in [6, 6.07) is -0.684. The Morgan fingerprint density at radius 1 is 1.28 bits per heavy atom. The average Bonchev–Trinajstić information content (AvgIpc) is 2.35. The first-order chi connectivity index (χ1) is 9.07. The molecule has 4 N–H and O–H groups in total. The number of hydrogen-bond acceptors (Lipinski definition) is 3. The van der Waals surface area contributed by atoms with Gasteiger partial charge in [0.2, 0.25) is 5.91 Å². The summed E-state index contributed by atoms with van der Waals surface area (Å²) in [7, 11) is 0. The number of primary amides is 1. The first-order valence-electron chi connectivity index (χ1n) is 7.32. The molecule has 0 saturated heterocycles. The predicted molar refractivity (Wildman–Crippen MR) is 71.2 cm³/mol. The second-order valence-corrected chi connectivity index (χ2v) is 4.47. The molecule has 0 aromatic heterocycles. The Morgan fingerprint density at radius 3 is 2.56 bits per heavy atom. The van der Waals surface area contributed by atoms with Crippen LogP contribution >= 0.6 is 0 Å². The van der Waals surface area contributed by atoms with Crippen LogP contribution in [0.3, 0.4) is 0 Å². The van der Waals surface area contributed by atoms with Gasteiger partial charge in [0.15, 0.2) is 0 Å². The van der Waals surface area contributed by atoms with Gasteiger partial charge in [-0.15, -0.1) is 0 Å². The summed E-state index contributed by atoms with van der Waals surface area (Å²) in [5, 5.41) is 11.9. The molecular formula is C13H26N2O3. The van der Waals surface area contributed by atoms with Gasteiger partial charge in [0, 0.05) is 7.79 Å². The molecule has 0 aliphatic carbocycles. The van der Waals surface area contributed by atoms with Crippen molar-refractivity contribution in [1.82, 2.24) is 5.32 Å². The molecule has 0 aliphatic rings. The number of hydrogen-bond donors (Lipinski definition) is 3. The van der Waals surface area contributed by atoms with Crippen molar-refractivity contribution in [2.45, 2.75) is 64.3 Å². The highest BCUT2D eigenvalue weighted by atomic mass is 16.4. The highest BCUT2D eigenvalue weighted by Gasteiger charge is 2.16. The molecule has 0 heterocycles. The summed E-state index contributed by atoms with van der Waals surface area (Å²) in [6.07, 6.45) is 6.67. The van der Waals surface area contributed by atoms with Gasteiger partial charge in [0.25, 0.3) is 0 Å². The molecule has 0 fully saturated rings. The van der Waals surface area contributed by atoms with Gasteiger partial charge in [0.1, 0.15) is 6.04 Å². The van der Waals surface area contributed by atoms with E-state index in [-0.39, 0.29) is 12.8 Å². The van der Waals surface area contributed by atoms with Crippen molar-refractivity contribution >= 4 is 11.9 Å². The van der Waals surface area contributed by atoms with Crippen molar-refractivity contribution in [2.75, 3.05) is 6.54 Å². The monoisotopic (exact) mass is 259 g/mol. The van der Waals surface area contributed by atoms with Crippen LogP contribution in [0.1, 0.15) is 59.6 Å². The maximum atomic E-state index is 10.9. The van der Waals surface area contributed by atoms with Crippen LogP contribution in [0.5, 0.6) is 0 Å². The third-order valence-electron chi connectivity index (χ3n) is 2.80. The van der Waals surface area contributed by atoms with Gasteiger partial charge >= 0.3 is 5.97 Å². The van der Waals surface area contributed by atoms with Gasteiger partial charge in [-0.2, -0.15) is 0 Å². The van der Waals surface area contributed by atoms with Crippen molar-refractivity contribution < 1.29 is 16.1 Å². The quantitative estimate of drug-likeness (QED) is 0.465. The van der Waals surface area contributed by atoms with Crippen LogP contribution in [0.2, 0.25) is 0 Å². The molecule has 18 heavy (non-hydrogen) atoms. The number of aliphatic carboxylic acids is 1. The number of carboxylic acids is 1. The van der Waals surface area contributed by atoms with E-state index in [1.807, 2.05) is 0 Å². The van der Waals surface area contributed by atoms with Crippen LogP contribution in [-0.4, -0.2) is 29.6 Å². The van der Waals surface area contributed by atoms with Crippen molar-refractivity contribution in [3.63, 3.8) is 0 Å². The Bertz CT molecular complexity index is 262. The summed E-state index contributed by atoms with van der Waals surface area (Å²) < 4.78 is 7.01. The lowest BCUT2D eigenvalue weighted by Gasteiger charge is -2.13. The molecule has 0 aromatic carbocycles. The number of carbonyl (C=O) groups is 2. The van der Waals surface area contributed by atoms with Crippen LogP contribution in [-0.2, 0) is 9.59 Å². The molecule has 5 nitrogen and oxygen atoms in total. The molecule has 1 atom stereocenters. The Labute approximate surface area is 111 Å². The summed E-state index contributed by atoms with van der Waals surface area (Å²) in [4.78, 5) is 21.5. The van der Waals surface area contributed by atoms with E-state index in [1.165, 1.54) is 0 Å². The van der Waals surface area contributed by atoms with Gasteiger partial charge in [-0.05, 0) is 19.4 Å². The fraction of sp³-hybridized carbons (Fsp3) is 0.846. The fourth-order valence-corrected chi connectivity index (χ4v) is 1.71. The van der Waals surface area contributed by atoms with E-state index in [1.54, 1.807) is 0 Å². The molecular weight excluding hydrogens is 232 g/mol. The van der Waals surface area contributed by atoms with E-state index in [2.05, 4.69) is 5.32 Å². The third kappa shape index (κ3) is 10.1. The first kappa shape index (κ1) is 15.0. The van der Waals surface area contributed by atoms with Gasteiger partial charge in [0.05, 0.1) is 0 Å². The number of rotatable bonds is 12. The lowest BCUT2D eigenvalue weighted by Crippen LogP contribution is -2.38.